The van der Waals surface area contributed by atoms with Gasteiger partial charge in [-0.15, -0.1) is 0 Å². The summed E-state index contributed by atoms with van der Waals surface area (Å²) in [5.74, 6) is 3.94. The fourth-order valence-corrected chi connectivity index (χ4v) is 5.19. The lowest BCUT2D eigenvalue weighted by Crippen LogP contribution is -2.34. The van der Waals surface area contributed by atoms with Gasteiger partial charge in [-0.1, -0.05) is 37.3 Å². The second kappa shape index (κ2) is 8.57. The summed E-state index contributed by atoms with van der Waals surface area (Å²) in [6, 6.07) is 15.3. The molecule has 150 valence electrons. The van der Waals surface area contributed by atoms with Gasteiger partial charge in [-0.05, 0) is 85.3 Å². The van der Waals surface area contributed by atoms with Crippen LogP contribution in [0, 0.1) is 11.8 Å². The number of hydrogen-bond acceptors (Lipinski definition) is 3. The van der Waals surface area contributed by atoms with E-state index < -0.39 is 0 Å². The van der Waals surface area contributed by atoms with Gasteiger partial charge in [-0.25, -0.2) is 0 Å². The van der Waals surface area contributed by atoms with E-state index in [2.05, 4.69) is 54.3 Å². The van der Waals surface area contributed by atoms with Crippen molar-refractivity contribution >= 4 is 0 Å². The highest BCUT2D eigenvalue weighted by molar-refractivity contribution is 5.50. The summed E-state index contributed by atoms with van der Waals surface area (Å²) >= 11 is 0. The van der Waals surface area contributed by atoms with Gasteiger partial charge in [-0.3, -0.25) is 4.90 Å². The highest BCUT2D eigenvalue weighted by Gasteiger charge is 2.33. The number of ether oxygens (including phenoxy) is 2. The summed E-state index contributed by atoms with van der Waals surface area (Å²) in [6.45, 7) is 5.95. The Morgan fingerprint density at radius 2 is 1.64 bits per heavy atom. The summed E-state index contributed by atoms with van der Waals surface area (Å²) < 4.78 is 11.0. The second-order valence-corrected chi connectivity index (χ2v) is 8.60. The third-order valence-electron chi connectivity index (χ3n) is 6.92. The molecule has 0 bridgehead atoms. The van der Waals surface area contributed by atoms with Crippen molar-refractivity contribution in [3.63, 3.8) is 0 Å². The van der Waals surface area contributed by atoms with Gasteiger partial charge in [0.15, 0.2) is 11.5 Å². The van der Waals surface area contributed by atoms with Gasteiger partial charge in [0.2, 0.25) is 0 Å². The molecule has 3 nitrogen and oxygen atoms in total. The zero-order chi connectivity index (χ0) is 19.5. The Morgan fingerprint density at radius 3 is 2.32 bits per heavy atom. The molecule has 0 amide bonds. The maximum absolute atomic E-state index is 5.53. The van der Waals surface area contributed by atoms with Crippen LogP contribution in [0.3, 0.4) is 0 Å². The van der Waals surface area contributed by atoms with Crippen molar-refractivity contribution in [2.24, 2.45) is 11.8 Å². The van der Waals surface area contributed by atoms with E-state index in [-0.39, 0.29) is 0 Å². The van der Waals surface area contributed by atoms with E-state index in [1.165, 1.54) is 55.5 Å². The first-order valence-corrected chi connectivity index (χ1v) is 10.7. The molecule has 0 N–H and O–H groups in total. The Labute approximate surface area is 169 Å². The summed E-state index contributed by atoms with van der Waals surface area (Å²) in [7, 11) is 3.45. The third-order valence-corrected chi connectivity index (χ3v) is 6.92. The number of likely N-dealkylation sites (tertiary alicyclic amines) is 1. The van der Waals surface area contributed by atoms with Crippen molar-refractivity contribution in [1.29, 1.82) is 0 Å². The van der Waals surface area contributed by atoms with Crippen molar-refractivity contribution in [1.82, 2.24) is 4.90 Å². The Balaban J connectivity index is 1.33. The molecule has 0 spiro atoms. The van der Waals surface area contributed by atoms with Gasteiger partial charge < -0.3 is 9.47 Å². The molecule has 3 heteroatoms. The summed E-state index contributed by atoms with van der Waals surface area (Å²) in [4.78, 5) is 2.62. The maximum atomic E-state index is 5.53. The van der Waals surface area contributed by atoms with Crippen molar-refractivity contribution < 1.29 is 9.47 Å². The molecule has 1 fully saturated rings. The lowest BCUT2D eigenvalue weighted by atomic mass is 9.82. The zero-order valence-electron chi connectivity index (χ0n) is 17.5. The molecule has 2 atom stereocenters. The van der Waals surface area contributed by atoms with Gasteiger partial charge in [0.05, 0.1) is 14.2 Å². The molecule has 2 aliphatic rings. The number of nitrogens with zero attached hydrogens (tertiary/aromatic N) is 1. The monoisotopic (exact) mass is 379 g/mol. The lowest BCUT2D eigenvalue weighted by molar-refractivity contribution is 0.158. The molecule has 1 heterocycles. The Kier molecular flexibility index (Phi) is 5.91. The van der Waals surface area contributed by atoms with Gasteiger partial charge in [-0.2, -0.15) is 0 Å². The minimum Gasteiger partial charge on any atom is -0.493 e. The summed E-state index contributed by atoms with van der Waals surface area (Å²) in [5, 5.41) is 0. The van der Waals surface area contributed by atoms with E-state index in [9.17, 15) is 0 Å². The number of methoxy groups -OCH3 is 2. The van der Waals surface area contributed by atoms with E-state index in [1.54, 1.807) is 14.2 Å². The minimum atomic E-state index is 0.608. The molecule has 28 heavy (non-hydrogen) atoms. The predicted octanol–water partition coefficient (Wildman–Crippen LogP) is 5.28. The standard InChI is InChI=1S/C25H33NO2/c1-18-21(14-22-15-24(27-2)25(28-3)16-23(18)22)13-19-9-11-26(12-10-19)17-20-7-5-4-6-8-20/h4-8,15-16,18-19,21H,9-14,17H2,1-3H3. The van der Waals surface area contributed by atoms with Crippen LogP contribution >= 0.6 is 0 Å². The van der Waals surface area contributed by atoms with Crippen LogP contribution < -0.4 is 9.47 Å². The molecule has 1 aliphatic carbocycles. The zero-order valence-corrected chi connectivity index (χ0v) is 17.5. The quantitative estimate of drug-likeness (QED) is 0.681. The smallest absolute Gasteiger partial charge is 0.161 e. The fraction of sp³-hybridized carbons (Fsp3) is 0.520. The SMILES string of the molecule is COc1cc2c(cc1OC)C(C)C(CC1CCN(Cc3ccccc3)CC1)C2. The molecule has 0 radical (unpaired) electrons. The summed E-state index contributed by atoms with van der Waals surface area (Å²) in [5.41, 5.74) is 4.35. The topological polar surface area (TPSA) is 21.7 Å². The van der Waals surface area contributed by atoms with Crippen LogP contribution in [0.1, 0.15) is 48.8 Å². The van der Waals surface area contributed by atoms with Crippen LogP contribution in [-0.2, 0) is 13.0 Å². The predicted molar refractivity (Wildman–Crippen MR) is 114 cm³/mol. The average molecular weight is 380 g/mol. The molecular weight excluding hydrogens is 346 g/mol. The molecule has 1 aliphatic heterocycles. The summed E-state index contributed by atoms with van der Waals surface area (Å²) in [6.07, 6.45) is 5.19. The lowest BCUT2D eigenvalue weighted by Gasteiger charge is -2.33. The normalized spacial score (nSPS) is 22.8. The van der Waals surface area contributed by atoms with Gasteiger partial charge in [0, 0.05) is 6.54 Å². The van der Waals surface area contributed by atoms with E-state index >= 15 is 0 Å². The van der Waals surface area contributed by atoms with Crippen LogP contribution in [0.5, 0.6) is 11.5 Å². The van der Waals surface area contributed by atoms with Crippen LogP contribution in [0.2, 0.25) is 0 Å². The van der Waals surface area contributed by atoms with E-state index in [0.29, 0.717) is 5.92 Å². The number of piperidine rings is 1. The van der Waals surface area contributed by atoms with Crippen LogP contribution in [0.25, 0.3) is 0 Å². The Morgan fingerprint density at radius 1 is 0.964 bits per heavy atom. The molecule has 2 aromatic rings. The molecule has 0 saturated carbocycles. The second-order valence-electron chi connectivity index (χ2n) is 8.60. The fourth-order valence-electron chi connectivity index (χ4n) is 5.19. The first-order valence-electron chi connectivity index (χ1n) is 10.7. The first kappa shape index (κ1) is 19.3. The molecule has 2 aromatic carbocycles. The van der Waals surface area contributed by atoms with E-state index in [1.807, 2.05) is 0 Å². The minimum absolute atomic E-state index is 0.608. The van der Waals surface area contributed by atoms with Gasteiger partial charge >= 0.3 is 0 Å². The van der Waals surface area contributed by atoms with Crippen LogP contribution in [0.4, 0.5) is 0 Å². The maximum Gasteiger partial charge on any atom is 0.161 e. The Hall–Kier alpha value is -2.00. The number of benzene rings is 2. The molecule has 0 aromatic heterocycles. The van der Waals surface area contributed by atoms with Gasteiger partial charge in [0.1, 0.15) is 0 Å². The van der Waals surface area contributed by atoms with Crippen molar-refractivity contribution in [3.05, 3.63) is 59.2 Å². The van der Waals surface area contributed by atoms with Crippen LogP contribution in [0.15, 0.2) is 42.5 Å². The molecular formula is C25H33NO2. The number of fused-ring (bicyclic) bond motifs is 1. The van der Waals surface area contributed by atoms with E-state index in [0.717, 1.165) is 29.9 Å². The third kappa shape index (κ3) is 4.05. The van der Waals surface area contributed by atoms with E-state index in [4.69, 9.17) is 9.47 Å². The van der Waals surface area contributed by atoms with Crippen molar-refractivity contribution in [2.75, 3.05) is 27.3 Å². The first-order chi connectivity index (χ1) is 13.7. The molecule has 2 unspecified atom stereocenters. The van der Waals surface area contributed by atoms with Crippen molar-refractivity contribution in [2.45, 2.75) is 45.1 Å². The Bertz CT molecular complexity index is 781. The van der Waals surface area contributed by atoms with Gasteiger partial charge in [0.25, 0.3) is 0 Å². The van der Waals surface area contributed by atoms with Crippen molar-refractivity contribution in [3.8, 4) is 11.5 Å². The van der Waals surface area contributed by atoms with Crippen LogP contribution in [-0.4, -0.2) is 32.2 Å². The molecule has 1 saturated heterocycles. The number of hydrogen-bond donors (Lipinski definition) is 0. The highest BCUT2D eigenvalue weighted by atomic mass is 16.5. The highest BCUT2D eigenvalue weighted by Crippen LogP contribution is 2.46. The molecule has 4 rings (SSSR count). The average Bonchev–Trinajstić information content (AvgIpc) is 3.03. The number of rotatable bonds is 6. The largest absolute Gasteiger partial charge is 0.493 e.